The number of ether oxygens (including phenoxy) is 1. The van der Waals surface area contributed by atoms with E-state index in [1.807, 2.05) is 36.4 Å². The van der Waals surface area contributed by atoms with Gasteiger partial charge in [-0.2, -0.15) is 18.0 Å². The Hall–Kier alpha value is -2.95. The molecule has 1 N–H and O–H groups in total. The van der Waals surface area contributed by atoms with Gasteiger partial charge in [0.2, 0.25) is 0 Å². The second-order valence-electron chi connectivity index (χ2n) is 9.68. The molecule has 0 aromatic heterocycles. The van der Waals surface area contributed by atoms with E-state index < -0.39 is 18.2 Å². The van der Waals surface area contributed by atoms with Gasteiger partial charge in [0.15, 0.2) is 0 Å². The summed E-state index contributed by atoms with van der Waals surface area (Å²) in [5.41, 5.74) is 4.49. The first-order chi connectivity index (χ1) is 17.3. The van der Waals surface area contributed by atoms with Crippen LogP contribution in [-0.2, 0) is 14.4 Å². The van der Waals surface area contributed by atoms with Crippen molar-refractivity contribution in [2.45, 2.75) is 31.0 Å². The van der Waals surface area contributed by atoms with Gasteiger partial charge in [-0.05, 0) is 41.6 Å². The quantitative estimate of drug-likeness (QED) is 0.625. The van der Waals surface area contributed by atoms with Crippen molar-refractivity contribution in [2.24, 2.45) is 0 Å². The lowest BCUT2D eigenvalue weighted by molar-refractivity contribution is -0.865. The van der Waals surface area contributed by atoms with Crippen LogP contribution in [0.15, 0.2) is 48.5 Å². The Morgan fingerprint density at radius 1 is 1.00 bits per heavy atom. The molecule has 1 amide bonds. The van der Waals surface area contributed by atoms with Crippen molar-refractivity contribution in [3.8, 4) is 11.1 Å². The number of hydroxylamine groups is 2. The Morgan fingerprint density at radius 3 is 2.17 bits per heavy atom. The van der Waals surface area contributed by atoms with Crippen molar-refractivity contribution in [1.82, 2.24) is 10.4 Å². The molecular formula is C26H29F3N3O4+. The first-order valence-electron chi connectivity index (χ1n) is 12.3. The molecule has 2 fully saturated rings. The Balaban J connectivity index is 1.30. The molecule has 2 heterocycles. The number of amides is 1. The number of nitrogens with zero attached hydrogens (tertiary/aromatic N) is 2. The van der Waals surface area contributed by atoms with Crippen LogP contribution in [0.1, 0.15) is 29.9 Å². The van der Waals surface area contributed by atoms with Crippen molar-refractivity contribution in [1.29, 1.82) is 0 Å². The van der Waals surface area contributed by atoms with Gasteiger partial charge in [0.1, 0.15) is 26.2 Å². The molecule has 1 atom stereocenters. The molecule has 36 heavy (non-hydrogen) atoms. The maximum absolute atomic E-state index is 13.6. The molecule has 0 saturated carbocycles. The van der Waals surface area contributed by atoms with Crippen LogP contribution in [0.4, 0.5) is 18.0 Å². The summed E-state index contributed by atoms with van der Waals surface area (Å²) in [6, 6.07) is 16.3. The minimum atomic E-state index is -5.07. The lowest BCUT2D eigenvalue weighted by Gasteiger charge is -2.41. The number of carbonyl (C=O) groups excluding carboxylic acids is 2. The SMILES string of the molecule is O=C(ON1CC[N+](CC2CCCN2)(C(=O)OCC2c3ccccc3-c3ccccc32)CC1)C(F)(F)F. The summed E-state index contributed by atoms with van der Waals surface area (Å²) < 4.78 is 43.8. The van der Waals surface area contributed by atoms with Crippen LogP contribution in [0.2, 0.25) is 0 Å². The highest BCUT2D eigenvalue weighted by Gasteiger charge is 2.48. The number of fused-ring (bicyclic) bond motifs is 3. The summed E-state index contributed by atoms with van der Waals surface area (Å²) in [7, 11) is 0. The molecule has 5 rings (SSSR count). The molecule has 192 valence electrons. The van der Waals surface area contributed by atoms with E-state index in [0.29, 0.717) is 6.54 Å². The number of piperazine rings is 1. The number of benzene rings is 2. The summed E-state index contributed by atoms with van der Waals surface area (Å²) in [6.45, 7) is 1.94. The number of hydrogen-bond acceptors (Lipinski definition) is 6. The third-order valence-electron chi connectivity index (χ3n) is 7.45. The molecule has 0 spiro atoms. The fourth-order valence-corrected chi connectivity index (χ4v) is 5.59. The van der Waals surface area contributed by atoms with Crippen LogP contribution in [0.5, 0.6) is 0 Å². The summed E-state index contributed by atoms with van der Waals surface area (Å²) in [5, 5.41) is 4.39. The highest BCUT2D eigenvalue weighted by atomic mass is 19.4. The van der Waals surface area contributed by atoms with E-state index in [4.69, 9.17) is 4.74 Å². The zero-order valence-electron chi connectivity index (χ0n) is 19.8. The lowest BCUT2D eigenvalue weighted by Crippen LogP contribution is -2.65. The van der Waals surface area contributed by atoms with Crippen LogP contribution in [0.25, 0.3) is 11.1 Å². The average Bonchev–Trinajstić information content (AvgIpc) is 3.49. The normalized spacial score (nSPS) is 21.6. The number of quaternary nitrogens is 1. The Bertz CT molecular complexity index is 1080. The zero-order chi connectivity index (χ0) is 25.3. The molecule has 3 aliphatic rings. The smallest absolute Gasteiger partial charge is 0.419 e. The Kier molecular flexibility index (Phi) is 6.76. The van der Waals surface area contributed by atoms with E-state index in [1.165, 1.54) is 0 Å². The summed E-state index contributed by atoms with van der Waals surface area (Å²) in [6.07, 6.45) is -3.54. The molecule has 0 radical (unpaired) electrons. The number of nitrogens with one attached hydrogen (secondary N) is 1. The molecule has 7 nitrogen and oxygen atoms in total. The fraction of sp³-hybridized carbons (Fsp3) is 0.462. The maximum atomic E-state index is 13.6. The van der Waals surface area contributed by atoms with Crippen molar-refractivity contribution in [3.05, 3.63) is 59.7 Å². The average molecular weight is 505 g/mol. The van der Waals surface area contributed by atoms with Crippen LogP contribution in [0.3, 0.4) is 0 Å². The van der Waals surface area contributed by atoms with Crippen LogP contribution < -0.4 is 5.32 Å². The number of carbonyl (C=O) groups is 2. The minimum Gasteiger partial charge on any atom is -0.419 e. The zero-order valence-corrected chi connectivity index (χ0v) is 19.8. The summed E-state index contributed by atoms with van der Waals surface area (Å²) >= 11 is 0. The number of halogens is 3. The first kappa shape index (κ1) is 24.7. The lowest BCUT2D eigenvalue weighted by atomic mass is 9.98. The molecule has 0 bridgehead atoms. The standard InChI is InChI=1S/C26H29F3N3O4/c27-26(28,29)24(33)36-31-12-14-32(15-13-31,16-18-6-5-11-30-18)25(34)35-17-23-21-9-3-1-7-19(21)20-8-2-4-10-22(20)23/h1-4,7-10,18,23,30H,5-6,11-17H2/q+1. The van der Waals surface area contributed by atoms with E-state index in [-0.39, 0.29) is 49.2 Å². The van der Waals surface area contributed by atoms with E-state index in [0.717, 1.165) is 46.7 Å². The van der Waals surface area contributed by atoms with E-state index in [1.54, 1.807) is 0 Å². The Morgan fingerprint density at radius 2 is 1.61 bits per heavy atom. The summed E-state index contributed by atoms with van der Waals surface area (Å²) in [5.74, 6) is -2.33. The molecule has 2 aliphatic heterocycles. The van der Waals surface area contributed by atoms with Crippen molar-refractivity contribution >= 4 is 12.1 Å². The molecule has 2 aromatic rings. The molecule has 2 saturated heterocycles. The Labute approximate surface area is 207 Å². The van der Waals surface area contributed by atoms with Gasteiger partial charge in [-0.3, -0.25) is 0 Å². The third kappa shape index (κ3) is 4.85. The first-order valence-corrected chi connectivity index (χ1v) is 12.3. The maximum Gasteiger partial charge on any atom is 0.516 e. The molecule has 1 aliphatic carbocycles. The van der Waals surface area contributed by atoms with Gasteiger partial charge >= 0.3 is 18.2 Å². The van der Waals surface area contributed by atoms with E-state index >= 15 is 0 Å². The predicted octanol–water partition coefficient (Wildman–Crippen LogP) is 3.84. The van der Waals surface area contributed by atoms with Gasteiger partial charge in [-0.25, -0.2) is 9.28 Å². The number of rotatable bonds is 5. The number of hydrogen-bond donors (Lipinski definition) is 1. The summed E-state index contributed by atoms with van der Waals surface area (Å²) in [4.78, 5) is 29.4. The second-order valence-corrected chi connectivity index (χ2v) is 9.68. The van der Waals surface area contributed by atoms with Crippen LogP contribution >= 0.6 is 0 Å². The molecule has 1 unspecified atom stereocenters. The van der Waals surface area contributed by atoms with Crippen molar-refractivity contribution in [3.63, 3.8) is 0 Å². The highest BCUT2D eigenvalue weighted by molar-refractivity contribution is 5.79. The van der Waals surface area contributed by atoms with Gasteiger partial charge < -0.3 is 14.9 Å². The highest BCUT2D eigenvalue weighted by Crippen LogP contribution is 2.44. The van der Waals surface area contributed by atoms with Gasteiger partial charge in [0.05, 0.1) is 19.1 Å². The van der Waals surface area contributed by atoms with Gasteiger partial charge in [0.25, 0.3) is 0 Å². The van der Waals surface area contributed by atoms with Gasteiger partial charge in [-0.1, -0.05) is 48.5 Å². The third-order valence-corrected chi connectivity index (χ3v) is 7.45. The van der Waals surface area contributed by atoms with Gasteiger partial charge in [0, 0.05) is 5.92 Å². The monoisotopic (exact) mass is 504 g/mol. The van der Waals surface area contributed by atoms with Crippen molar-refractivity contribution < 1.29 is 36.8 Å². The second kappa shape index (κ2) is 9.84. The fourth-order valence-electron chi connectivity index (χ4n) is 5.59. The number of alkyl halides is 3. The molecule has 2 aromatic carbocycles. The van der Waals surface area contributed by atoms with E-state index in [9.17, 15) is 22.8 Å². The van der Waals surface area contributed by atoms with Gasteiger partial charge in [-0.15, -0.1) is 5.06 Å². The predicted molar refractivity (Wildman–Crippen MR) is 125 cm³/mol. The minimum absolute atomic E-state index is 0.0126. The molecule has 10 heteroatoms. The van der Waals surface area contributed by atoms with Crippen LogP contribution in [-0.4, -0.2) is 79.7 Å². The van der Waals surface area contributed by atoms with E-state index in [2.05, 4.69) is 22.3 Å². The van der Waals surface area contributed by atoms with Crippen LogP contribution in [0, 0.1) is 0 Å². The van der Waals surface area contributed by atoms with Crippen molar-refractivity contribution in [2.75, 3.05) is 45.9 Å². The molecular weight excluding hydrogens is 475 g/mol. The topological polar surface area (TPSA) is 67.9 Å². The largest absolute Gasteiger partial charge is 0.516 e.